The molecule has 2 fully saturated rings. The predicted molar refractivity (Wildman–Crippen MR) is 132 cm³/mol. The molecule has 1 aliphatic carbocycles. The Morgan fingerprint density at radius 3 is 2.44 bits per heavy atom. The third-order valence-electron chi connectivity index (χ3n) is 6.21. The number of nitro benzene ring substituents is 1. The zero-order valence-corrected chi connectivity index (χ0v) is 21.1. The van der Waals surface area contributed by atoms with E-state index in [9.17, 15) is 19.7 Å². The Morgan fingerprint density at radius 2 is 1.88 bits per heavy atom. The number of carbonyl (C=O) groups is 2. The van der Waals surface area contributed by atoms with Gasteiger partial charge < -0.3 is 20.3 Å². The minimum atomic E-state index is -0.616. The summed E-state index contributed by atoms with van der Waals surface area (Å²) >= 11 is 1.73. The smallest absolute Gasteiger partial charge is 0.408 e. The van der Waals surface area contributed by atoms with Crippen molar-refractivity contribution in [2.24, 2.45) is 5.92 Å². The number of amides is 2. The molecule has 1 atom stereocenters. The average Bonchev–Trinajstić information content (AvgIpc) is 3.31. The quantitative estimate of drug-likeness (QED) is 0.415. The molecule has 0 unspecified atom stereocenters. The van der Waals surface area contributed by atoms with Gasteiger partial charge in [0, 0.05) is 37.0 Å². The first kappa shape index (κ1) is 26.3. The minimum Gasteiger partial charge on any atom is -0.444 e. The van der Waals surface area contributed by atoms with Gasteiger partial charge in [-0.3, -0.25) is 14.9 Å². The van der Waals surface area contributed by atoms with Gasteiger partial charge in [-0.25, -0.2) is 4.79 Å². The van der Waals surface area contributed by atoms with Crippen molar-refractivity contribution >= 4 is 29.4 Å². The normalized spacial score (nSPS) is 21.7. The Balaban J connectivity index is 1.49. The molecule has 1 saturated heterocycles. The summed E-state index contributed by atoms with van der Waals surface area (Å²) in [5, 5.41) is 17.2. The molecule has 2 N–H and O–H groups in total. The number of nitro groups is 1. The number of thioether (sulfide) groups is 1. The van der Waals surface area contributed by atoms with Crippen LogP contribution in [0.15, 0.2) is 24.3 Å². The van der Waals surface area contributed by atoms with Crippen LogP contribution in [0, 0.1) is 16.0 Å². The molecule has 188 valence electrons. The molecule has 1 aliphatic heterocycles. The highest BCUT2D eigenvalue weighted by Crippen LogP contribution is 2.29. The number of hydrogen-bond donors (Lipinski definition) is 2. The maximum absolute atomic E-state index is 13.1. The Hall–Kier alpha value is -2.33. The number of non-ortho nitro benzene ring substituents is 1. The number of rotatable bonds is 8. The molecule has 0 spiro atoms. The van der Waals surface area contributed by atoms with E-state index in [0.717, 1.165) is 43.5 Å². The fourth-order valence-electron chi connectivity index (χ4n) is 4.41. The topological polar surface area (TPSA) is 114 Å². The molecule has 2 aliphatic rings. The summed E-state index contributed by atoms with van der Waals surface area (Å²) in [4.78, 5) is 37.7. The first-order chi connectivity index (χ1) is 16.1. The highest BCUT2D eigenvalue weighted by Gasteiger charge is 2.33. The van der Waals surface area contributed by atoms with Gasteiger partial charge >= 0.3 is 6.09 Å². The number of carbonyl (C=O) groups excluding carboxylic acids is 2. The lowest BCUT2D eigenvalue weighted by Crippen LogP contribution is -2.50. The number of nitrogens with one attached hydrogen (secondary N) is 2. The van der Waals surface area contributed by atoms with E-state index in [2.05, 4.69) is 10.6 Å². The zero-order chi connectivity index (χ0) is 24.7. The van der Waals surface area contributed by atoms with E-state index in [1.165, 1.54) is 12.1 Å². The molecule has 1 aromatic rings. The number of alkyl carbamates (subject to hydrolysis) is 1. The van der Waals surface area contributed by atoms with Crippen LogP contribution in [0.2, 0.25) is 0 Å². The molecule has 1 heterocycles. The van der Waals surface area contributed by atoms with Crippen molar-refractivity contribution in [1.29, 1.82) is 0 Å². The summed E-state index contributed by atoms with van der Waals surface area (Å²) < 4.78 is 5.41. The summed E-state index contributed by atoms with van der Waals surface area (Å²) in [6.07, 6.45) is 4.01. The van der Waals surface area contributed by atoms with Crippen LogP contribution in [0.1, 0.15) is 58.4 Å². The lowest BCUT2D eigenvalue weighted by Gasteiger charge is -2.32. The van der Waals surface area contributed by atoms with E-state index in [1.807, 2.05) is 25.7 Å². The van der Waals surface area contributed by atoms with Crippen LogP contribution >= 0.6 is 11.8 Å². The summed E-state index contributed by atoms with van der Waals surface area (Å²) in [6.45, 7) is 6.82. The highest BCUT2D eigenvalue weighted by molar-refractivity contribution is 7.99. The molecule has 0 aromatic heterocycles. The Morgan fingerprint density at radius 1 is 1.21 bits per heavy atom. The fourth-order valence-corrected chi connectivity index (χ4v) is 5.37. The van der Waals surface area contributed by atoms with E-state index in [1.54, 1.807) is 23.9 Å². The van der Waals surface area contributed by atoms with Gasteiger partial charge in [-0.2, -0.15) is 0 Å². The van der Waals surface area contributed by atoms with Crippen LogP contribution in [-0.2, 0) is 16.1 Å². The van der Waals surface area contributed by atoms with Crippen molar-refractivity contribution in [3.63, 3.8) is 0 Å². The molecule has 1 aromatic carbocycles. The second-order valence-electron chi connectivity index (χ2n) is 10.1. The van der Waals surface area contributed by atoms with Crippen molar-refractivity contribution < 1.29 is 19.2 Å². The van der Waals surface area contributed by atoms with Gasteiger partial charge in [0.25, 0.3) is 5.69 Å². The van der Waals surface area contributed by atoms with Crippen LogP contribution in [-0.4, -0.2) is 57.7 Å². The van der Waals surface area contributed by atoms with Gasteiger partial charge in [-0.05, 0) is 64.4 Å². The lowest BCUT2D eigenvalue weighted by molar-refractivity contribution is -0.384. The van der Waals surface area contributed by atoms with Gasteiger partial charge in [0.05, 0.1) is 10.8 Å². The van der Waals surface area contributed by atoms with Gasteiger partial charge in [0.1, 0.15) is 11.6 Å². The standard InChI is InChI=1S/C24H36N4O5S/c1-24(2,3)33-23(30)26-21(22(29)27-12-13-34-16-27)14-17-4-8-19(9-5-17)25-15-18-6-10-20(11-7-18)28(31)32/h6-7,10-11,17,19,21,25H,4-5,8-9,12-16H2,1-3H3,(H,26,30)/t17?,19?,21-/m0/s1. The lowest BCUT2D eigenvalue weighted by atomic mass is 9.82. The van der Waals surface area contributed by atoms with E-state index < -0.39 is 22.7 Å². The number of nitrogens with zero attached hydrogens (tertiary/aromatic N) is 2. The van der Waals surface area contributed by atoms with Crippen molar-refractivity contribution in [1.82, 2.24) is 15.5 Å². The maximum Gasteiger partial charge on any atom is 0.408 e. The van der Waals surface area contributed by atoms with Crippen molar-refractivity contribution in [3.05, 3.63) is 39.9 Å². The van der Waals surface area contributed by atoms with Gasteiger partial charge in [0.2, 0.25) is 5.91 Å². The average molecular weight is 493 g/mol. The van der Waals surface area contributed by atoms with Gasteiger partial charge in [0.15, 0.2) is 0 Å². The molecule has 34 heavy (non-hydrogen) atoms. The van der Waals surface area contributed by atoms with E-state index in [-0.39, 0.29) is 11.6 Å². The van der Waals surface area contributed by atoms with Gasteiger partial charge in [-0.15, -0.1) is 11.8 Å². The number of benzene rings is 1. The fraction of sp³-hybridized carbons (Fsp3) is 0.667. The van der Waals surface area contributed by atoms with Crippen LogP contribution in [0.3, 0.4) is 0 Å². The second-order valence-corrected chi connectivity index (χ2v) is 11.2. The Labute approximate surface area is 205 Å². The van der Waals surface area contributed by atoms with Crippen LogP contribution in [0.4, 0.5) is 10.5 Å². The first-order valence-electron chi connectivity index (χ1n) is 11.9. The highest BCUT2D eigenvalue weighted by atomic mass is 32.2. The van der Waals surface area contributed by atoms with E-state index in [0.29, 0.717) is 30.8 Å². The predicted octanol–water partition coefficient (Wildman–Crippen LogP) is 4.06. The third kappa shape index (κ3) is 8.16. The largest absolute Gasteiger partial charge is 0.444 e. The minimum absolute atomic E-state index is 0.0192. The molecule has 1 saturated carbocycles. The van der Waals surface area contributed by atoms with E-state index >= 15 is 0 Å². The molecule has 0 radical (unpaired) electrons. The van der Waals surface area contributed by atoms with E-state index in [4.69, 9.17) is 4.74 Å². The summed E-state index contributed by atoms with van der Waals surface area (Å²) in [7, 11) is 0. The number of hydrogen-bond acceptors (Lipinski definition) is 7. The van der Waals surface area contributed by atoms with Crippen LogP contribution in [0.25, 0.3) is 0 Å². The second kappa shape index (κ2) is 11.9. The number of ether oxygens (including phenoxy) is 1. The summed E-state index contributed by atoms with van der Waals surface area (Å²) in [6, 6.07) is 6.43. The van der Waals surface area contributed by atoms with Crippen molar-refractivity contribution in [2.45, 2.75) is 77.1 Å². The maximum atomic E-state index is 13.1. The zero-order valence-electron chi connectivity index (χ0n) is 20.2. The SMILES string of the molecule is CC(C)(C)OC(=O)N[C@@H](CC1CCC(NCc2ccc([N+](=O)[O-])cc2)CC1)C(=O)N1CCSC1. The van der Waals surface area contributed by atoms with Gasteiger partial charge in [-0.1, -0.05) is 12.1 Å². The van der Waals surface area contributed by atoms with Crippen LogP contribution in [0.5, 0.6) is 0 Å². The molecular formula is C24H36N4O5S. The van der Waals surface area contributed by atoms with Crippen molar-refractivity contribution in [2.75, 3.05) is 18.2 Å². The third-order valence-corrected chi connectivity index (χ3v) is 7.18. The molecule has 0 bridgehead atoms. The summed E-state index contributed by atoms with van der Waals surface area (Å²) in [5.41, 5.74) is 0.499. The first-order valence-corrected chi connectivity index (χ1v) is 13.1. The summed E-state index contributed by atoms with van der Waals surface area (Å²) in [5.74, 6) is 1.94. The molecule has 10 heteroatoms. The molecule has 2 amide bonds. The Kier molecular flexibility index (Phi) is 9.18. The van der Waals surface area contributed by atoms with Crippen molar-refractivity contribution in [3.8, 4) is 0 Å². The van der Waals surface area contributed by atoms with Crippen LogP contribution < -0.4 is 10.6 Å². The molecule has 3 rings (SSSR count). The monoisotopic (exact) mass is 492 g/mol. The Bertz CT molecular complexity index is 844. The molecular weight excluding hydrogens is 456 g/mol. The molecule has 9 nitrogen and oxygen atoms in total.